The molecule has 3 fully saturated rings. The molecule has 0 aromatic heterocycles. The summed E-state index contributed by atoms with van der Waals surface area (Å²) in [7, 11) is 1.68. The van der Waals surface area contributed by atoms with Crippen LogP contribution in [0.25, 0.3) is 0 Å². The van der Waals surface area contributed by atoms with E-state index in [1.807, 2.05) is 30.0 Å². The van der Waals surface area contributed by atoms with Crippen LogP contribution in [0.2, 0.25) is 0 Å². The van der Waals surface area contributed by atoms with Crippen molar-refractivity contribution in [1.29, 1.82) is 0 Å². The van der Waals surface area contributed by atoms with Crippen LogP contribution in [0.1, 0.15) is 34.3 Å². The Kier molecular flexibility index (Phi) is 4.72. The van der Waals surface area contributed by atoms with Crippen LogP contribution in [0, 0.1) is 19.8 Å². The SMILES string of the molecule is CNC(=O)C1COC2(CN(C(=O)c3ccc(C)c(C)c3)C2)CN1CC1CC1. The van der Waals surface area contributed by atoms with Gasteiger partial charge in [-0.2, -0.15) is 0 Å². The zero-order chi connectivity index (χ0) is 19.2. The lowest BCUT2D eigenvalue weighted by molar-refractivity contribution is -0.191. The number of likely N-dealkylation sites (tertiary alicyclic amines) is 1. The van der Waals surface area contributed by atoms with Crippen molar-refractivity contribution < 1.29 is 14.3 Å². The normalized spacial score (nSPS) is 24.6. The summed E-state index contributed by atoms with van der Waals surface area (Å²) < 4.78 is 6.13. The van der Waals surface area contributed by atoms with Crippen molar-refractivity contribution in [3.05, 3.63) is 34.9 Å². The number of hydrogen-bond acceptors (Lipinski definition) is 4. The highest BCUT2D eigenvalue weighted by molar-refractivity contribution is 5.95. The van der Waals surface area contributed by atoms with Crippen LogP contribution in [-0.2, 0) is 9.53 Å². The standard InChI is InChI=1S/C21H29N3O3/c1-14-4-7-17(8-15(14)2)20(26)24-12-21(13-24)11-23(9-16-5-6-16)18(10-27-21)19(25)22-3/h4,7-8,16,18H,5-6,9-13H2,1-3H3,(H,22,25). The van der Waals surface area contributed by atoms with Crippen LogP contribution in [0.15, 0.2) is 18.2 Å². The molecule has 4 rings (SSSR count). The van der Waals surface area contributed by atoms with E-state index < -0.39 is 0 Å². The van der Waals surface area contributed by atoms with Gasteiger partial charge in [-0.1, -0.05) is 6.07 Å². The summed E-state index contributed by atoms with van der Waals surface area (Å²) in [6.07, 6.45) is 2.50. The van der Waals surface area contributed by atoms with Crippen molar-refractivity contribution in [1.82, 2.24) is 15.1 Å². The third-order valence-corrected chi connectivity index (χ3v) is 6.22. The average molecular weight is 371 g/mol. The molecule has 1 aromatic carbocycles. The molecule has 1 unspecified atom stereocenters. The Morgan fingerprint density at radius 3 is 2.56 bits per heavy atom. The quantitative estimate of drug-likeness (QED) is 0.868. The monoisotopic (exact) mass is 371 g/mol. The second-order valence-electron chi connectivity index (χ2n) is 8.46. The number of morpholine rings is 1. The molecular formula is C21H29N3O3. The van der Waals surface area contributed by atoms with Gasteiger partial charge in [0, 0.05) is 25.7 Å². The van der Waals surface area contributed by atoms with Gasteiger partial charge in [0.05, 0.1) is 19.7 Å². The molecular weight excluding hydrogens is 342 g/mol. The number of nitrogens with one attached hydrogen (secondary N) is 1. The van der Waals surface area contributed by atoms with E-state index in [-0.39, 0.29) is 23.5 Å². The first kappa shape index (κ1) is 18.4. The molecule has 1 N–H and O–H groups in total. The van der Waals surface area contributed by atoms with Gasteiger partial charge in [-0.3, -0.25) is 14.5 Å². The van der Waals surface area contributed by atoms with E-state index in [0.717, 1.165) is 24.2 Å². The van der Waals surface area contributed by atoms with Crippen molar-refractivity contribution in [2.75, 3.05) is 39.8 Å². The predicted molar refractivity (Wildman–Crippen MR) is 103 cm³/mol. The van der Waals surface area contributed by atoms with Gasteiger partial charge in [-0.05, 0) is 55.9 Å². The minimum Gasteiger partial charge on any atom is -0.368 e. The molecule has 27 heavy (non-hydrogen) atoms. The molecule has 6 nitrogen and oxygen atoms in total. The number of benzene rings is 1. The van der Waals surface area contributed by atoms with Crippen LogP contribution < -0.4 is 5.32 Å². The van der Waals surface area contributed by atoms with E-state index in [2.05, 4.69) is 17.1 Å². The Balaban J connectivity index is 1.41. The molecule has 2 aliphatic heterocycles. The van der Waals surface area contributed by atoms with Crippen LogP contribution in [0.3, 0.4) is 0 Å². The maximum atomic E-state index is 12.8. The third-order valence-electron chi connectivity index (χ3n) is 6.22. The Bertz CT molecular complexity index is 753. The fourth-order valence-electron chi connectivity index (χ4n) is 4.16. The number of likely N-dealkylation sites (N-methyl/N-ethyl adjacent to an activating group) is 1. The Morgan fingerprint density at radius 1 is 1.19 bits per heavy atom. The Morgan fingerprint density at radius 2 is 1.93 bits per heavy atom. The number of nitrogens with zero attached hydrogens (tertiary/aromatic N) is 2. The van der Waals surface area contributed by atoms with Gasteiger partial charge in [0.15, 0.2) is 0 Å². The van der Waals surface area contributed by atoms with Crippen LogP contribution >= 0.6 is 0 Å². The van der Waals surface area contributed by atoms with E-state index in [0.29, 0.717) is 25.6 Å². The molecule has 146 valence electrons. The molecule has 3 aliphatic rings. The molecule has 1 saturated carbocycles. The number of hydrogen-bond donors (Lipinski definition) is 1. The lowest BCUT2D eigenvalue weighted by atomic mass is 9.89. The largest absolute Gasteiger partial charge is 0.368 e. The predicted octanol–water partition coefficient (Wildman–Crippen LogP) is 1.35. The second kappa shape index (κ2) is 6.91. The number of rotatable bonds is 4. The molecule has 2 saturated heterocycles. The summed E-state index contributed by atoms with van der Waals surface area (Å²) in [6, 6.07) is 5.65. The highest BCUT2D eigenvalue weighted by Crippen LogP contribution is 2.36. The summed E-state index contributed by atoms with van der Waals surface area (Å²) >= 11 is 0. The molecule has 0 radical (unpaired) electrons. The zero-order valence-corrected chi connectivity index (χ0v) is 16.5. The molecule has 1 aromatic rings. The number of aryl methyl sites for hydroxylation is 2. The van der Waals surface area contributed by atoms with E-state index in [9.17, 15) is 9.59 Å². The number of ether oxygens (including phenoxy) is 1. The van der Waals surface area contributed by atoms with Crippen LogP contribution in [-0.4, -0.2) is 73.1 Å². The Labute approximate surface area is 160 Å². The van der Waals surface area contributed by atoms with Crippen molar-refractivity contribution >= 4 is 11.8 Å². The lowest BCUT2D eigenvalue weighted by Gasteiger charge is -2.55. The first-order chi connectivity index (χ1) is 12.9. The van der Waals surface area contributed by atoms with Gasteiger partial charge in [0.25, 0.3) is 5.91 Å². The highest BCUT2D eigenvalue weighted by Gasteiger charge is 2.52. The molecule has 2 heterocycles. The number of carbonyl (C=O) groups excluding carboxylic acids is 2. The first-order valence-electron chi connectivity index (χ1n) is 9.87. The van der Waals surface area contributed by atoms with Crippen molar-refractivity contribution in [2.45, 2.75) is 38.3 Å². The second-order valence-corrected chi connectivity index (χ2v) is 8.46. The third kappa shape index (κ3) is 3.60. The van der Waals surface area contributed by atoms with Crippen LogP contribution in [0.5, 0.6) is 0 Å². The fraction of sp³-hybridized carbons (Fsp3) is 0.619. The van der Waals surface area contributed by atoms with Gasteiger partial charge >= 0.3 is 0 Å². The van der Waals surface area contributed by atoms with Crippen molar-refractivity contribution in [3.63, 3.8) is 0 Å². The maximum Gasteiger partial charge on any atom is 0.254 e. The minimum absolute atomic E-state index is 0.0212. The summed E-state index contributed by atoms with van der Waals surface area (Å²) in [6.45, 7) is 7.35. The smallest absolute Gasteiger partial charge is 0.254 e. The summed E-state index contributed by atoms with van der Waals surface area (Å²) in [4.78, 5) is 29.1. The van der Waals surface area contributed by atoms with Gasteiger partial charge < -0.3 is 15.0 Å². The van der Waals surface area contributed by atoms with Gasteiger partial charge in [0.1, 0.15) is 11.6 Å². The molecule has 1 atom stereocenters. The summed E-state index contributed by atoms with van der Waals surface area (Å²) in [5.74, 6) is 0.794. The van der Waals surface area contributed by atoms with Crippen molar-refractivity contribution in [2.24, 2.45) is 5.92 Å². The fourth-order valence-corrected chi connectivity index (χ4v) is 4.16. The molecule has 1 aliphatic carbocycles. The first-order valence-corrected chi connectivity index (χ1v) is 9.87. The zero-order valence-electron chi connectivity index (χ0n) is 16.5. The van der Waals surface area contributed by atoms with Gasteiger partial charge in [-0.25, -0.2) is 0 Å². The average Bonchev–Trinajstić information content (AvgIpc) is 3.44. The van der Waals surface area contributed by atoms with E-state index >= 15 is 0 Å². The summed E-state index contributed by atoms with van der Waals surface area (Å²) in [5.41, 5.74) is 2.74. The molecule has 0 bridgehead atoms. The topological polar surface area (TPSA) is 61.9 Å². The highest BCUT2D eigenvalue weighted by atomic mass is 16.5. The van der Waals surface area contributed by atoms with E-state index in [4.69, 9.17) is 4.74 Å². The van der Waals surface area contributed by atoms with Crippen LogP contribution in [0.4, 0.5) is 0 Å². The molecule has 1 spiro atoms. The van der Waals surface area contributed by atoms with E-state index in [1.165, 1.54) is 18.4 Å². The van der Waals surface area contributed by atoms with Crippen molar-refractivity contribution in [3.8, 4) is 0 Å². The number of amides is 2. The molecule has 2 amide bonds. The van der Waals surface area contributed by atoms with Gasteiger partial charge in [-0.15, -0.1) is 0 Å². The van der Waals surface area contributed by atoms with Gasteiger partial charge in [0.2, 0.25) is 5.91 Å². The summed E-state index contributed by atoms with van der Waals surface area (Å²) in [5, 5.41) is 2.75. The number of carbonyl (C=O) groups is 2. The Hall–Kier alpha value is -1.92. The maximum absolute atomic E-state index is 12.8. The lowest BCUT2D eigenvalue weighted by Crippen LogP contribution is -2.73. The minimum atomic E-state index is -0.325. The molecule has 6 heteroatoms. The van der Waals surface area contributed by atoms with E-state index in [1.54, 1.807) is 7.05 Å².